The topological polar surface area (TPSA) is 46.2 Å². The van der Waals surface area contributed by atoms with Crippen molar-refractivity contribution in [2.24, 2.45) is 5.92 Å². The first kappa shape index (κ1) is 10.6. The molecule has 4 heteroatoms. The van der Waals surface area contributed by atoms with Gasteiger partial charge in [-0.2, -0.15) is 0 Å². The molecule has 1 aromatic rings. The number of rotatable bonds is 4. The van der Waals surface area contributed by atoms with E-state index in [1.165, 1.54) is 0 Å². The fourth-order valence-corrected chi connectivity index (χ4v) is 2.64. The zero-order chi connectivity index (χ0) is 10.9. The lowest BCUT2D eigenvalue weighted by Crippen LogP contribution is -2.25. The van der Waals surface area contributed by atoms with Gasteiger partial charge in [0.05, 0.1) is 4.90 Å². The largest absolute Gasteiger partial charge is 0.240 e. The van der Waals surface area contributed by atoms with Crippen molar-refractivity contribution in [3.8, 4) is 0 Å². The van der Waals surface area contributed by atoms with E-state index in [1.807, 2.05) is 13.0 Å². The third-order valence-corrected chi connectivity index (χ3v) is 3.98. The summed E-state index contributed by atoms with van der Waals surface area (Å²) in [4.78, 5) is 0.364. The Morgan fingerprint density at radius 1 is 1.40 bits per heavy atom. The Labute approximate surface area is 90.6 Å². The minimum atomic E-state index is -3.29. The summed E-state index contributed by atoms with van der Waals surface area (Å²) >= 11 is 0. The molecule has 1 fully saturated rings. The summed E-state index contributed by atoms with van der Waals surface area (Å²) in [6, 6.07) is 6.97. The van der Waals surface area contributed by atoms with Crippen molar-refractivity contribution >= 4 is 10.0 Å². The summed E-state index contributed by atoms with van der Waals surface area (Å²) in [6.45, 7) is 2.47. The van der Waals surface area contributed by atoms with E-state index in [-0.39, 0.29) is 0 Å². The summed E-state index contributed by atoms with van der Waals surface area (Å²) in [5.74, 6) is 0.560. The van der Waals surface area contributed by atoms with Gasteiger partial charge in [0.2, 0.25) is 10.0 Å². The molecule has 1 N–H and O–H groups in total. The summed E-state index contributed by atoms with van der Waals surface area (Å²) in [5, 5.41) is 0. The molecule has 2 rings (SSSR count). The third-order valence-electron chi connectivity index (χ3n) is 2.56. The van der Waals surface area contributed by atoms with Crippen LogP contribution >= 0.6 is 0 Å². The first-order valence-corrected chi connectivity index (χ1v) is 6.62. The molecule has 1 aromatic carbocycles. The number of aryl methyl sites for hydroxylation is 1. The van der Waals surface area contributed by atoms with E-state index in [2.05, 4.69) is 4.72 Å². The predicted molar refractivity (Wildman–Crippen MR) is 59.1 cm³/mol. The van der Waals surface area contributed by atoms with Gasteiger partial charge in [0.15, 0.2) is 0 Å². The van der Waals surface area contributed by atoms with E-state index in [4.69, 9.17) is 0 Å². The van der Waals surface area contributed by atoms with Crippen LogP contribution in [0.1, 0.15) is 18.4 Å². The molecular weight excluding hydrogens is 210 g/mol. The fraction of sp³-hybridized carbons (Fsp3) is 0.455. The number of nitrogens with one attached hydrogen (secondary N) is 1. The second-order valence-corrected chi connectivity index (χ2v) is 5.88. The number of benzene rings is 1. The zero-order valence-electron chi connectivity index (χ0n) is 8.73. The second-order valence-electron chi connectivity index (χ2n) is 4.11. The maximum atomic E-state index is 11.8. The van der Waals surface area contributed by atoms with Crippen LogP contribution in [0.25, 0.3) is 0 Å². The summed E-state index contributed by atoms with van der Waals surface area (Å²) in [7, 11) is -3.29. The van der Waals surface area contributed by atoms with E-state index in [1.54, 1.807) is 18.2 Å². The monoisotopic (exact) mass is 225 g/mol. The summed E-state index contributed by atoms with van der Waals surface area (Å²) < 4.78 is 26.2. The van der Waals surface area contributed by atoms with Gasteiger partial charge in [-0.05, 0) is 43.4 Å². The van der Waals surface area contributed by atoms with Crippen molar-refractivity contribution in [2.75, 3.05) is 6.54 Å². The minimum absolute atomic E-state index is 0.364. The SMILES string of the molecule is Cc1cccc(S(=O)(=O)NCC2CC2)c1. The van der Waals surface area contributed by atoms with Crippen LogP contribution in [-0.4, -0.2) is 15.0 Å². The Balaban J connectivity index is 2.12. The van der Waals surface area contributed by atoms with Gasteiger partial charge in [-0.25, -0.2) is 13.1 Å². The van der Waals surface area contributed by atoms with E-state index in [9.17, 15) is 8.42 Å². The van der Waals surface area contributed by atoms with Crippen molar-refractivity contribution in [1.29, 1.82) is 0 Å². The van der Waals surface area contributed by atoms with Gasteiger partial charge in [0, 0.05) is 6.54 Å². The van der Waals surface area contributed by atoms with Crippen LogP contribution < -0.4 is 4.72 Å². The van der Waals surface area contributed by atoms with Crippen LogP contribution in [0.5, 0.6) is 0 Å². The molecule has 0 radical (unpaired) electrons. The Hall–Kier alpha value is -0.870. The molecule has 1 saturated carbocycles. The first-order valence-electron chi connectivity index (χ1n) is 5.14. The Morgan fingerprint density at radius 3 is 2.73 bits per heavy atom. The lowest BCUT2D eigenvalue weighted by molar-refractivity contribution is 0.577. The molecule has 0 saturated heterocycles. The molecule has 0 amide bonds. The van der Waals surface area contributed by atoms with Crippen LogP contribution in [0.15, 0.2) is 29.2 Å². The normalized spacial score (nSPS) is 16.6. The molecule has 3 nitrogen and oxygen atoms in total. The van der Waals surface area contributed by atoms with Crippen molar-refractivity contribution in [3.05, 3.63) is 29.8 Å². The van der Waals surface area contributed by atoms with Crippen molar-refractivity contribution < 1.29 is 8.42 Å². The number of hydrogen-bond acceptors (Lipinski definition) is 2. The molecule has 0 spiro atoms. The second kappa shape index (κ2) is 3.94. The highest BCUT2D eigenvalue weighted by Crippen LogP contribution is 2.28. The lowest BCUT2D eigenvalue weighted by atomic mass is 10.2. The van der Waals surface area contributed by atoms with Crippen LogP contribution in [0, 0.1) is 12.8 Å². The van der Waals surface area contributed by atoms with Crippen LogP contribution in [0.2, 0.25) is 0 Å². The minimum Gasteiger partial charge on any atom is -0.211 e. The Kier molecular flexibility index (Phi) is 2.80. The standard InChI is InChI=1S/C11H15NO2S/c1-9-3-2-4-11(7-9)15(13,14)12-8-10-5-6-10/h2-4,7,10,12H,5-6,8H2,1H3. The predicted octanol–water partition coefficient (Wildman–Crippen LogP) is 1.68. The van der Waals surface area contributed by atoms with E-state index >= 15 is 0 Å². The average Bonchev–Trinajstić information content (AvgIpc) is 2.98. The molecule has 15 heavy (non-hydrogen) atoms. The molecule has 1 aliphatic carbocycles. The van der Waals surface area contributed by atoms with Gasteiger partial charge in [-0.1, -0.05) is 12.1 Å². The van der Waals surface area contributed by atoms with Crippen LogP contribution in [-0.2, 0) is 10.0 Å². The highest BCUT2D eigenvalue weighted by Gasteiger charge is 2.24. The Morgan fingerprint density at radius 2 is 2.13 bits per heavy atom. The molecular formula is C11H15NO2S. The van der Waals surface area contributed by atoms with Crippen molar-refractivity contribution in [1.82, 2.24) is 4.72 Å². The molecule has 1 aliphatic rings. The van der Waals surface area contributed by atoms with Gasteiger partial charge in [0.1, 0.15) is 0 Å². The fourth-order valence-electron chi connectivity index (χ4n) is 1.42. The summed E-state index contributed by atoms with van der Waals surface area (Å²) in [5.41, 5.74) is 0.962. The van der Waals surface area contributed by atoms with Crippen LogP contribution in [0.4, 0.5) is 0 Å². The van der Waals surface area contributed by atoms with Gasteiger partial charge >= 0.3 is 0 Å². The quantitative estimate of drug-likeness (QED) is 0.847. The van der Waals surface area contributed by atoms with Gasteiger partial charge in [0.25, 0.3) is 0 Å². The van der Waals surface area contributed by atoms with E-state index in [0.29, 0.717) is 17.4 Å². The van der Waals surface area contributed by atoms with Gasteiger partial charge in [-0.3, -0.25) is 0 Å². The molecule has 82 valence electrons. The smallest absolute Gasteiger partial charge is 0.211 e. The van der Waals surface area contributed by atoms with Crippen LogP contribution in [0.3, 0.4) is 0 Å². The number of sulfonamides is 1. The molecule has 0 aliphatic heterocycles. The summed E-state index contributed by atoms with van der Waals surface area (Å²) in [6.07, 6.45) is 2.30. The van der Waals surface area contributed by atoms with E-state index < -0.39 is 10.0 Å². The maximum Gasteiger partial charge on any atom is 0.240 e. The lowest BCUT2D eigenvalue weighted by Gasteiger charge is -2.06. The molecule has 0 atom stereocenters. The number of hydrogen-bond donors (Lipinski definition) is 1. The zero-order valence-corrected chi connectivity index (χ0v) is 9.55. The third kappa shape index (κ3) is 2.79. The highest BCUT2D eigenvalue weighted by molar-refractivity contribution is 7.89. The maximum absolute atomic E-state index is 11.8. The van der Waals surface area contributed by atoms with Gasteiger partial charge < -0.3 is 0 Å². The Bertz CT molecular complexity index is 449. The average molecular weight is 225 g/mol. The highest BCUT2D eigenvalue weighted by atomic mass is 32.2. The van der Waals surface area contributed by atoms with Crippen molar-refractivity contribution in [3.63, 3.8) is 0 Å². The molecule has 0 bridgehead atoms. The molecule has 0 heterocycles. The van der Waals surface area contributed by atoms with Crippen molar-refractivity contribution in [2.45, 2.75) is 24.7 Å². The van der Waals surface area contributed by atoms with Gasteiger partial charge in [-0.15, -0.1) is 0 Å². The first-order chi connectivity index (χ1) is 7.08. The van der Waals surface area contributed by atoms with E-state index in [0.717, 1.165) is 18.4 Å². The molecule has 0 unspecified atom stereocenters. The molecule has 0 aromatic heterocycles.